The van der Waals surface area contributed by atoms with E-state index >= 15 is 0 Å². The number of amides is 1. The van der Waals surface area contributed by atoms with Gasteiger partial charge in [-0.2, -0.15) is 0 Å². The maximum atomic E-state index is 13.2. The van der Waals surface area contributed by atoms with Crippen molar-refractivity contribution in [2.75, 3.05) is 27.2 Å². The molecule has 0 aliphatic carbocycles. The van der Waals surface area contributed by atoms with Gasteiger partial charge in [0, 0.05) is 18.7 Å². The fraction of sp³-hybridized carbons (Fsp3) is 0.381. The first kappa shape index (κ1) is 18.4. The third-order valence-corrected chi connectivity index (χ3v) is 4.66. The van der Waals surface area contributed by atoms with Crippen molar-refractivity contribution < 1.29 is 9.53 Å². The Hall–Kier alpha value is -2.37. The molecule has 0 fully saturated rings. The third-order valence-electron chi connectivity index (χ3n) is 4.66. The van der Waals surface area contributed by atoms with Gasteiger partial charge in [0.05, 0.1) is 12.1 Å². The Kier molecular flexibility index (Phi) is 5.91. The van der Waals surface area contributed by atoms with Crippen LogP contribution in [-0.4, -0.2) is 55.0 Å². The fourth-order valence-corrected chi connectivity index (χ4v) is 3.36. The molecule has 1 aliphatic heterocycles. The minimum Gasteiger partial charge on any atom is -0.491 e. The summed E-state index contributed by atoms with van der Waals surface area (Å²) in [7, 11) is 4.01. The van der Waals surface area contributed by atoms with Gasteiger partial charge in [-0.05, 0) is 32.1 Å². The lowest BCUT2D eigenvalue weighted by Crippen LogP contribution is -2.53. The van der Waals surface area contributed by atoms with Gasteiger partial charge in [0.15, 0.2) is 0 Å². The maximum absolute atomic E-state index is 13.2. The van der Waals surface area contributed by atoms with Crippen LogP contribution < -0.4 is 10.5 Å². The van der Waals surface area contributed by atoms with Crippen LogP contribution in [0.15, 0.2) is 54.6 Å². The number of likely N-dealkylation sites (N-methyl/N-ethyl adjacent to an activating group) is 1. The summed E-state index contributed by atoms with van der Waals surface area (Å²) in [6.07, 6.45) is 0.535. The van der Waals surface area contributed by atoms with Crippen LogP contribution in [-0.2, 0) is 17.8 Å². The van der Waals surface area contributed by atoms with Gasteiger partial charge in [-0.3, -0.25) is 4.79 Å². The minimum absolute atomic E-state index is 0.0268. The Morgan fingerprint density at radius 2 is 1.88 bits per heavy atom. The summed E-state index contributed by atoms with van der Waals surface area (Å²) in [5, 5.41) is 0. The quantitative estimate of drug-likeness (QED) is 0.892. The second kappa shape index (κ2) is 8.34. The molecule has 26 heavy (non-hydrogen) atoms. The first-order chi connectivity index (χ1) is 12.5. The van der Waals surface area contributed by atoms with Gasteiger partial charge < -0.3 is 20.3 Å². The molecule has 138 valence electrons. The van der Waals surface area contributed by atoms with E-state index in [2.05, 4.69) is 4.90 Å². The lowest BCUT2D eigenvalue weighted by atomic mass is 10.0. The van der Waals surface area contributed by atoms with E-state index in [0.29, 0.717) is 19.6 Å². The van der Waals surface area contributed by atoms with E-state index in [4.69, 9.17) is 10.5 Å². The second-order valence-electron chi connectivity index (χ2n) is 7.10. The highest BCUT2D eigenvalue weighted by Gasteiger charge is 2.31. The number of ether oxygens (including phenoxy) is 1. The zero-order chi connectivity index (χ0) is 18.5. The van der Waals surface area contributed by atoms with Crippen molar-refractivity contribution in [3.63, 3.8) is 0 Å². The SMILES string of the molecule is CN(C)C[C@@H]1COc2ccccc2CN1C(=O)[C@H](N)Cc1ccccc1. The molecular weight excluding hydrogens is 326 g/mol. The number of hydrogen-bond donors (Lipinski definition) is 1. The lowest BCUT2D eigenvalue weighted by Gasteiger charge is -2.33. The predicted octanol–water partition coefficient (Wildman–Crippen LogP) is 1.91. The average molecular weight is 353 g/mol. The highest BCUT2D eigenvalue weighted by Crippen LogP contribution is 2.25. The Bertz CT molecular complexity index is 733. The number of benzene rings is 2. The monoisotopic (exact) mass is 353 g/mol. The molecule has 0 saturated carbocycles. The zero-order valence-electron chi connectivity index (χ0n) is 15.5. The van der Waals surface area contributed by atoms with Gasteiger partial charge in [0.25, 0.3) is 0 Å². The van der Waals surface area contributed by atoms with E-state index in [9.17, 15) is 4.79 Å². The summed E-state index contributed by atoms with van der Waals surface area (Å²) >= 11 is 0. The average Bonchev–Trinajstić information content (AvgIpc) is 2.81. The standard InChI is InChI=1S/C21H27N3O2/c1-23(2)14-18-15-26-20-11-7-6-10-17(20)13-24(18)21(25)19(22)12-16-8-4-3-5-9-16/h3-11,18-19H,12-15,22H2,1-2H3/t18-,19-/m1/s1. The maximum Gasteiger partial charge on any atom is 0.240 e. The molecule has 0 bridgehead atoms. The molecule has 0 radical (unpaired) electrons. The van der Waals surface area contributed by atoms with Crippen LogP contribution in [0.3, 0.4) is 0 Å². The van der Waals surface area contributed by atoms with Gasteiger partial charge in [-0.25, -0.2) is 0 Å². The molecule has 2 aromatic rings. The molecule has 5 heteroatoms. The van der Waals surface area contributed by atoms with Crippen molar-refractivity contribution in [3.8, 4) is 5.75 Å². The summed E-state index contributed by atoms with van der Waals surface area (Å²) in [6.45, 7) is 1.73. The number of carbonyl (C=O) groups is 1. The molecule has 1 amide bonds. The largest absolute Gasteiger partial charge is 0.491 e. The summed E-state index contributed by atoms with van der Waals surface area (Å²) < 4.78 is 5.98. The highest BCUT2D eigenvalue weighted by molar-refractivity contribution is 5.82. The van der Waals surface area contributed by atoms with E-state index in [1.807, 2.05) is 73.6 Å². The Labute approximate surface area is 155 Å². The van der Waals surface area contributed by atoms with Crippen LogP contribution in [0.1, 0.15) is 11.1 Å². The third kappa shape index (κ3) is 4.42. The summed E-state index contributed by atoms with van der Waals surface area (Å²) in [5.74, 6) is 0.823. The molecule has 0 spiro atoms. The molecule has 0 unspecified atom stereocenters. The predicted molar refractivity (Wildman–Crippen MR) is 103 cm³/mol. The summed E-state index contributed by atoms with van der Waals surface area (Å²) in [5.41, 5.74) is 8.39. The van der Waals surface area contributed by atoms with Gasteiger partial charge in [0.1, 0.15) is 12.4 Å². The smallest absolute Gasteiger partial charge is 0.240 e. The van der Waals surface area contributed by atoms with Crippen molar-refractivity contribution in [3.05, 3.63) is 65.7 Å². The first-order valence-electron chi connectivity index (χ1n) is 9.00. The van der Waals surface area contributed by atoms with Crippen molar-refractivity contribution in [1.82, 2.24) is 9.80 Å². The molecule has 1 aliphatic rings. The number of fused-ring (bicyclic) bond motifs is 1. The summed E-state index contributed by atoms with van der Waals surface area (Å²) in [6, 6.07) is 17.2. The number of para-hydroxylation sites is 1. The van der Waals surface area contributed by atoms with Gasteiger partial charge in [-0.15, -0.1) is 0 Å². The molecular formula is C21H27N3O2. The number of rotatable bonds is 5. The van der Waals surface area contributed by atoms with E-state index in [0.717, 1.165) is 23.4 Å². The van der Waals surface area contributed by atoms with E-state index in [-0.39, 0.29) is 11.9 Å². The van der Waals surface area contributed by atoms with Crippen molar-refractivity contribution in [2.24, 2.45) is 5.73 Å². The Morgan fingerprint density at radius 1 is 1.19 bits per heavy atom. The van der Waals surface area contributed by atoms with Gasteiger partial charge in [-0.1, -0.05) is 48.5 Å². The van der Waals surface area contributed by atoms with Crippen LogP contribution in [0.5, 0.6) is 5.75 Å². The normalized spacial score (nSPS) is 18.0. The molecule has 0 saturated heterocycles. The lowest BCUT2D eigenvalue weighted by molar-refractivity contribution is -0.136. The Morgan fingerprint density at radius 3 is 2.62 bits per heavy atom. The van der Waals surface area contributed by atoms with E-state index in [1.54, 1.807) is 0 Å². The highest BCUT2D eigenvalue weighted by atomic mass is 16.5. The van der Waals surface area contributed by atoms with Crippen molar-refractivity contribution in [2.45, 2.75) is 25.0 Å². The molecule has 2 N–H and O–H groups in total. The van der Waals surface area contributed by atoms with E-state index < -0.39 is 6.04 Å². The number of hydrogen-bond acceptors (Lipinski definition) is 4. The fourth-order valence-electron chi connectivity index (χ4n) is 3.36. The number of nitrogens with two attached hydrogens (primary N) is 1. The van der Waals surface area contributed by atoms with Crippen LogP contribution in [0.2, 0.25) is 0 Å². The molecule has 1 heterocycles. The minimum atomic E-state index is -0.563. The van der Waals surface area contributed by atoms with Crippen LogP contribution in [0, 0.1) is 0 Å². The zero-order valence-corrected chi connectivity index (χ0v) is 15.5. The number of carbonyl (C=O) groups excluding carboxylic acids is 1. The number of nitrogens with zero attached hydrogens (tertiary/aromatic N) is 2. The molecule has 3 rings (SSSR count). The molecule has 2 aromatic carbocycles. The second-order valence-corrected chi connectivity index (χ2v) is 7.10. The summed E-state index contributed by atoms with van der Waals surface area (Å²) in [4.78, 5) is 17.1. The topological polar surface area (TPSA) is 58.8 Å². The molecule has 2 atom stereocenters. The van der Waals surface area contributed by atoms with Crippen LogP contribution >= 0.6 is 0 Å². The Balaban J connectivity index is 1.81. The van der Waals surface area contributed by atoms with Gasteiger partial charge >= 0.3 is 0 Å². The van der Waals surface area contributed by atoms with E-state index in [1.165, 1.54) is 0 Å². The molecule has 0 aromatic heterocycles. The van der Waals surface area contributed by atoms with Crippen molar-refractivity contribution in [1.29, 1.82) is 0 Å². The first-order valence-corrected chi connectivity index (χ1v) is 9.00. The van der Waals surface area contributed by atoms with Gasteiger partial charge in [0.2, 0.25) is 5.91 Å². The van der Waals surface area contributed by atoms with Crippen LogP contribution in [0.25, 0.3) is 0 Å². The molecule has 5 nitrogen and oxygen atoms in total. The van der Waals surface area contributed by atoms with Crippen molar-refractivity contribution >= 4 is 5.91 Å². The van der Waals surface area contributed by atoms with Crippen LogP contribution in [0.4, 0.5) is 0 Å².